The molecular weight excluding hydrogens is 356 g/mol. The summed E-state index contributed by atoms with van der Waals surface area (Å²) in [4.78, 5) is 31.4. The molecule has 4 nitrogen and oxygen atoms in total. The molecule has 0 spiro atoms. The second-order valence-corrected chi connectivity index (χ2v) is 8.51. The number of Topliss-reactive ketones (excluding diaryl/α,β-unsaturated/α-hetero) is 1. The number of fused-ring (bicyclic) bond motifs is 2. The topological polar surface area (TPSA) is 52.0 Å². The maximum absolute atomic E-state index is 13.3. The monoisotopic (exact) mass is 380 g/mol. The van der Waals surface area contributed by atoms with Crippen LogP contribution in [0.5, 0.6) is 0 Å². The highest BCUT2D eigenvalue weighted by Gasteiger charge is 2.29. The van der Waals surface area contributed by atoms with E-state index in [2.05, 4.69) is 6.58 Å². The molecular formula is C22H24N2O2S. The van der Waals surface area contributed by atoms with E-state index >= 15 is 0 Å². The number of carbonyl (C=O) groups excluding carboxylic acids is 1. The quantitative estimate of drug-likeness (QED) is 0.544. The van der Waals surface area contributed by atoms with Crippen molar-refractivity contribution < 1.29 is 4.79 Å². The maximum Gasteiger partial charge on any atom is 0.261 e. The average molecular weight is 381 g/mol. The summed E-state index contributed by atoms with van der Waals surface area (Å²) >= 11 is 1.46. The molecule has 2 heterocycles. The maximum atomic E-state index is 13.3. The van der Waals surface area contributed by atoms with Gasteiger partial charge in [0.05, 0.1) is 16.1 Å². The summed E-state index contributed by atoms with van der Waals surface area (Å²) in [6.07, 6.45) is 6.08. The van der Waals surface area contributed by atoms with Crippen LogP contribution in [0, 0.1) is 0 Å². The van der Waals surface area contributed by atoms with E-state index in [1.807, 2.05) is 24.4 Å². The molecule has 0 N–H and O–H groups in total. The Kier molecular flexibility index (Phi) is 4.96. The number of aryl methyl sites for hydroxylation is 1. The van der Waals surface area contributed by atoms with E-state index in [0.29, 0.717) is 25.2 Å². The molecule has 2 aliphatic rings. The Morgan fingerprint density at radius 1 is 1.33 bits per heavy atom. The lowest BCUT2D eigenvalue weighted by molar-refractivity contribution is 0.0985. The van der Waals surface area contributed by atoms with Gasteiger partial charge in [0.2, 0.25) is 0 Å². The first-order valence-electron chi connectivity index (χ1n) is 9.59. The molecule has 0 aliphatic heterocycles. The molecule has 0 saturated heterocycles. The summed E-state index contributed by atoms with van der Waals surface area (Å²) < 4.78 is 1.74. The van der Waals surface area contributed by atoms with Crippen molar-refractivity contribution >= 4 is 22.7 Å². The SMILES string of the molecule is C=C(C)Cn1c(CCC(=O)c2cccs2)nc2c(c1=O)C1=C(CCCC1)C2. The number of thiophene rings is 1. The van der Waals surface area contributed by atoms with Crippen LogP contribution >= 0.6 is 11.3 Å². The lowest BCUT2D eigenvalue weighted by Crippen LogP contribution is -2.29. The van der Waals surface area contributed by atoms with E-state index < -0.39 is 0 Å². The van der Waals surface area contributed by atoms with E-state index in [9.17, 15) is 9.59 Å². The largest absolute Gasteiger partial charge is 0.293 e. The van der Waals surface area contributed by atoms with Gasteiger partial charge in [-0.15, -0.1) is 11.3 Å². The van der Waals surface area contributed by atoms with Gasteiger partial charge in [-0.3, -0.25) is 14.2 Å². The van der Waals surface area contributed by atoms with E-state index in [1.54, 1.807) is 4.57 Å². The lowest BCUT2D eigenvalue weighted by Gasteiger charge is -2.16. The molecule has 0 unspecified atom stereocenters. The second kappa shape index (κ2) is 7.39. The number of rotatable bonds is 6. The van der Waals surface area contributed by atoms with Crippen LogP contribution in [0.25, 0.3) is 5.57 Å². The Bertz CT molecular complexity index is 996. The van der Waals surface area contributed by atoms with Crippen molar-refractivity contribution in [1.82, 2.24) is 9.55 Å². The lowest BCUT2D eigenvalue weighted by atomic mass is 9.92. The van der Waals surface area contributed by atoms with Crippen LogP contribution in [0.1, 0.15) is 65.8 Å². The number of ketones is 1. The Labute approximate surface area is 163 Å². The third kappa shape index (κ3) is 3.48. The first kappa shape index (κ1) is 18.1. The van der Waals surface area contributed by atoms with E-state index in [-0.39, 0.29) is 11.3 Å². The van der Waals surface area contributed by atoms with Gasteiger partial charge >= 0.3 is 0 Å². The molecule has 4 rings (SSSR count). The third-order valence-corrected chi connectivity index (χ3v) is 6.30. The van der Waals surface area contributed by atoms with Crippen LogP contribution in [0.4, 0.5) is 0 Å². The molecule has 0 fully saturated rings. The molecule has 2 aromatic rings. The summed E-state index contributed by atoms with van der Waals surface area (Å²) in [6, 6.07) is 3.74. The smallest absolute Gasteiger partial charge is 0.261 e. The normalized spacial score (nSPS) is 15.6. The van der Waals surface area contributed by atoms with Crippen LogP contribution in [-0.4, -0.2) is 15.3 Å². The summed E-state index contributed by atoms with van der Waals surface area (Å²) in [6.45, 7) is 6.36. The Hall–Kier alpha value is -2.27. The molecule has 27 heavy (non-hydrogen) atoms. The molecule has 2 aromatic heterocycles. The number of allylic oxidation sites excluding steroid dienone is 3. The van der Waals surface area contributed by atoms with Gasteiger partial charge in [-0.1, -0.05) is 23.8 Å². The summed E-state index contributed by atoms with van der Waals surface area (Å²) in [5.74, 6) is 0.825. The zero-order chi connectivity index (χ0) is 19.0. The highest BCUT2D eigenvalue weighted by Crippen LogP contribution is 2.39. The average Bonchev–Trinajstić information content (AvgIpc) is 3.29. The van der Waals surface area contributed by atoms with E-state index in [1.165, 1.54) is 28.9 Å². The zero-order valence-electron chi connectivity index (χ0n) is 15.7. The zero-order valence-corrected chi connectivity index (χ0v) is 16.5. The van der Waals surface area contributed by atoms with Crippen LogP contribution in [0.3, 0.4) is 0 Å². The van der Waals surface area contributed by atoms with Crippen LogP contribution in [0.15, 0.2) is 40.0 Å². The fourth-order valence-electron chi connectivity index (χ4n) is 4.16. The van der Waals surface area contributed by atoms with Crippen molar-refractivity contribution in [3.8, 4) is 0 Å². The molecule has 0 aromatic carbocycles. The fraction of sp³-hybridized carbons (Fsp3) is 0.409. The minimum absolute atomic E-state index is 0.0495. The predicted octanol–water partition coefficient (Wildman–Crippen LogP) is 4.58. The number of aromatic nitrogens is 2. The predicted molar refractivity (Wildman–Crippen MR) is 109 cm³/mol. The van der Waals surface area contributed by atoms with Gasteiger partial charge in [0.25, 0.3) is 5.56 Å². The summed E-state index contributed by atoms with van der Waals surface area (Å²) in [5.41, 5.74) is 5.36. The molecule has 140 valence electrons. The van der Waals surface area contributed by atoms with Gasteiger partial charge in [-0.05, 0) is 49.6 Å². The van der Waals surface area contributed by atoms with Gasteiger partial charge in [-0.25, -0.2) is 4.98 Å². The minimum atomic E-state index is 0.0495. The van der Waals surface area contributed by atoms with Crippen molar-refractivity contribution in [2.24, 2.45) is 0 Å². The first-order chi connectivity index (χ1) is 13.0. The van der Waals surface area contributed by atoms with Gasteiger partial charge in [0.1, 0.15) is 5.82 Å². The van der Waals surface area contributed by atoms with Gasteiger partial charge < -0.3 is 0 Å². The van der Waals surface area contributed by atoms with Crippen molar-refractivity contribution in [1.29, 1.82) is 0 Å². The third-order valence-electron chi connectivity index (χ3n) is 5.39. The van der Waals surface area contributed by atoms with Crippen molar-refractivity contribution in [3.05, 3.63) is 67.6 Å². The molecule has 0 bridgehead atoms. The van der Waals surface area contributed by atoms with Gasteiger partial charge in [0.15, 0.2) is 5.78 Å². The fourth-order valence-corrected chi connectivity index (χ4v) is 4.85. The van der Waals surface area contributed by atoms with Crippen LogP contribution < -0.4 is 5.56 Å². The van der Waals surface area contributed by atoms with Crippen LogP contribution in [0.2, 0.25) is 0 Å². The second-order valence-electron chi connectivity index (χ2n) is 7.56. The molecule has 0 atom stereocenters. The van der Waals surface area contributed by atoms with Crippen molar-refractivity contribution in [3.63, 3.8) is 0 Å². The highest BCUT2D eigenvalue weighted by atomic mass is 32.1. The first-order valence-corrected chi connectivity index (χ1v) is 10.5. The van der Waals surface area contributed by atoms with Gasteiger partial charge in [0, 0.05) is 25.8 Å². The molecule has 5 heteroatoms. The van der Waals surface area contributed by atoms with Crippen LogP contribution in [-0.2, 0) is 19.4 Å². The van der Waals surface area contributed by atoms with Gasteiger partial charge in [-0.2, -0.15) is 0 Å². The summed E-state index contributed by atoms with van der Waals surface area (Å²) in [7, 11) is 0. The van der Waals surface area contributed by atoms with Crippen molar-refractivity contribution in [2.45, 2.75) is 58.4 Å². The van der Waals surface area contributed by atoms with Crippen molar-refractivity contribution in [2.75, 3.05) is 0 Å². The minimum Gasteiger partial charge on any atom is -0.293 e. The molecule has 0 radical (unpaired) electrons. The van der Waals surface area contributed by atoms with E-state index in [4.69, 9.17) is 4.98 Å². The molecule has 0 amide bonds. The highest BCUT2D eigenvalue weighted by molar-refractivity contribution is 7.12. The number of carbonyl (C=O) groups is 1. The Balaban J connectivity index is 1.68. The standard InChI is InChI=1S/C22H24N2O2S/c1-14(2)13-24-20(10-9-18(25)19-8-5-11-27-19)23-17-12-15-6-3-4-7-16(15)21(17)22(24)26/h5,8,11H,1,3-4,6-7,9-10,12-13H2,2H3. The number of hydrogen-bond acceptors (Lipinski definition) is 4. The summed E-state index contributed by atoms with van der Waals surface area (Å²) in [5, 5.41) is 1.91. The van der Waals surface area contributed by atoms with E-state index in [0.717, 1.165) is 47.4 Å². The number of hydrogen-bond donors (Lipinski definition) is 0. The Morgan fingerprint density at radius 3 is 2.89 bits per heavy atom. The molecule has 2 aliphatic carbocycles. The Morgan fingerprint density at radius 2 is 2.15 bits per heavy atom. The number of nitrogens with zero attached hydrogens (tertiary/aromatic N) is 2. The molecule has 0 saturated carbocycles.